The highest BCUT2D eigenvalue weighted by Gasteiger charge is 2.14. The third-order valence-electron chi connectivity index (χ3n) is 3.00. The molecule has 0 saturated heterocycles. The number of sulfonamides is 1. The first-order valence-electron chi connectivity index (χ1n) is 6.48. The Balaban J connectivity index is 2.02. The number of hydrogen-bond donors (Lipinski definition) is 2. The summed E-state index contributed by atoms with van der Waals surface area (Å²) in [7, 11) is -3.59. The molecule has 0 unspecified atom stereocenters. The quantitative estimate of drug-likeness (QED) is 0.832. The average Bonchev–Trinajstić information content (AvgIpc) is 2.40. The summed E-state index contributed by atoms with van der Waals surface area (Å²) in [6, 6.07) is 10.7. The molecule has 0 heterocycles. The van der Waals surface area contributed by atoms with Crippen molar-refractivity contribution in [2.24, 2.45) is 0 Å². The first-order chi connectivity index (χ1) is 9.87. The van der Waals surface area contributed by atoms with E-state index in [0.717, 1.165) is 11.1 Å². The summed E-state index contributed by atoms with van der Waals surface area (Å²) in [5, 5.41) is 0. The maximum Gasteiger partial charge on any atom is 0.240 e. The highest BCUT2D eigenvalue weighted by molar-refractivity contribution is 7.89. The van der Waals surface area contributed by atoms with Crippen LogP contribution in [0.4, 0.5) is 10.1 Å². The number of benzene rings is 2. The number of nitrogen functional groups attached to an aromatic ring is 1. The monoisotopic (exact) mass is 308 g/mol. The van der Waals surface area contributed by atoms with Crippen LogP contribution in [-0.4, -0.2) is 15.0 Å². The minimum Gasteiger partial charge on any atom is -0.399 e. The molecule has 0 saturated carbocycles. The molecule has 6 heteroatoms. The minimum absolute atomic E-state index is 0.152. The summed E-state index contributed by atoms with van der Waals surface area (Å²) in [4.78, 5) is 0.152. The molecule has 0 fully saturated rings. The van der Waals surface area contributed by atoms with Gasteiger partial charge in [0.05, 0.1) is 4.90 Å². The summed E-state index contributed by atoms with van der Waals surface area (Å²) in [5.41, 5.74) is 7.72. The summed E-state index contributed by atoms with van der Waals surface area (Å²) in [6.07, 6.45) is 0.487. The van der Waals surface area contributed by atoms with Crippen LogP contribution in [0.3, 0.4) is 0 Å². The molecule has 2 aromatic rings. The van der Waals surface area contributed by atoms with Crippen LogP contribution in [0.15, 0.2) is 47.4 Å². The van der Waals surface area contributed by atoms with Crippen molar-refractivity contribution in [2.45, 2.75) is 18.2 Å². The molecule has 21 heavy (non-hydrogen) atoms. The fourth-order valence-corrected chi connectivity index (χ4v) is 3.17. The molecule has 0 aliphatic rings. The van der Waals surface area contributed by atoms with E-state index in [4.69, 9.17) is 5.73 Å². The summed E-state index contributed by atoms with van der Waals surface area (Å²) in [5.74, 6) is -0.311. The molecule has 0 aliphatic heterocycles. The Morgan fingerprint density at radius 2 is 1.81 bits per heavy atom. The molecule has 0 aliphatic carbocycles. The lowest BCUT2D eigenvalue weighted by Crippen LogP contribution is -2.26. The third-order valence-corrected chi connectivity index (χ3v) is 4.44. The molecule has 0 radical (unpaired) electrons. The third kappa shape index (κ3) is 4.27. The maximum absolute atomic E-state index is 12.8. The number of nitrogens with one attached hydrogen (secondary N) is 1. The Morgan fingerprint density at radius 1 is 1.14 bits per heavy atom. The van der Waals surface area contributed by atoms with E-state index in [1.807, 2.05) is 0 Å². The van der Waals surface area contributed by atoms with E-state index >= 15 is 0 Å². The van der Waals surface area contributed by atoms with E-state index in [-0.39, 0.29) is 17.3 Å². The van der Waals surface area contributed by atoms with Crippen LogP contribution < -0.4 is 10.5 Å². The van der Waals surface area contributed by atoms with Gasteiger partial charge in [0.25, 0.3) is 0 Å². The molecule has 0 spiro atoms. The van der Waals surface area contributed by atoms with Crippen LogP contribution in [0.25, 0.3) is 0 Å². The lowest BCUT2D eigenvalue weighted by Gasteiger charge is -2.08. The molecular weight excluding hydrogens is 291 g/mol. The van der Waals surface area contributed by atoms with E-state index in [9.17, 15) is 12.8 Å². The second kappa shape index (κ2) is 6.24. The first kappa shape index (κ1) is 15.5. The molecule has 0 bridgehead atoms. The van der Waals surface area contributed by atoms with Gasteiger partial charge >= 0.3 is 0 Å². The Labute approximate surface area is 123 Å². The Morgan fingerprint density at radius 3 is 2.43 bits per heavy atom. The maximum atomic E-state index is 12.8. The lowest BCUT2D eigenvalue weighted by molar-refractivity contribution is 0.581. The van der Waals surface area contributed by atoms with Crippen molar-refractivity contribution in [1.82, 2.24) is 4.72 Å². The molecule has 4 nitrogen and oxygen atoms in total. The SMILES string of the molecule is Cc1cc(N)cc(S(=O)(=O)NCCc2ccc(F)cc2)c1. The zero-order valence-electron chi connectivity index (χ0n) is 11.6. The van der Waals surface area contributed by atoms with Crippen molar-refractivity contribution in [2.75, 3.05) is 12.3 Å². The minimum atomic E-state index is -3.59. The Bertz CT molecular complexity index is 708. The Kier molecular flexibility index (Phi) is 4.59. The van der Waals surface area contributed by atoms with Crippen molar-refractivity contribution < 1.29 is 12.8 Å². The highest BCUT2D eigenvalue weighted by atomic mass is 32.2. The van der Waals surface area contributed by atoms with Crippen LogP contribution in [-0.2, 0) is 16.4 Å². The van der Waals surface area contributed by atoms with Crippen molar-refractivity contribution in [3.8, 4) is 0 Å². The number of nitrogens with two attached hydrogens (primary N) is 1. The zero-order chi connectivity index (χ0) is 15.5. The van der Waals surface area contributed by atoms with Crippen molar-refractivity contribution in [3.63, 3.8) is 0 Å². The Hall–Kier alpha value is -1.92. The molecule has 2 aromatic carbocycles. The predicted octanol–water partition coefficient (Wildman–Crippen LogP) is 2.24. The van der Waals surface area contributed by atoms with Gasteiger partial charge in [-0.3, -0.25) is 0 Å². The molecular formula is C15H17FN2O2S. The molecule has 3 N–H and O–H groups in total. The molecule has 0 aromatic heterocycles. The number of halogens is 1. The summed E-state index contributed by atoms with van der Waals surface area (Å²) >= 11 is 0. The smallest absolute Gasteiger partial charge is 0.240 e. The van der Waals surface area contributed by atoms with Crippen LogP contribution >= 0.6 is 0 Å². The first-order valence-corrected chi connectivity index (χ1v) is 7.96. The molecule has 2 rings (SSSR count). The van der Waals surface area contributed by atoms with Gasteiger partial charge < -0.3 is 5.73 Å². The number of rotatable bonds is 5. The van der Waals surface area contributed by atoms with E-state index in [2.05, 4.69) is 4.72 Å². The van der Waals surface area contributed by atoms with E-state index < -0.39 is 10.0 Å². The standard InChI is InChI=1S/C15H17FN2O2S/c1-11-8-14(17)10-15(9-11)21(19,20)18-7-6-12-2-4-13(16)5-3-12/h2-5,8-10,18H,6-7,17H2,1H3. The van der Waals surface area contributed by atoms with Crippen molar-refractivity contribution >= 4 is 15.7 Å². The average molecular weight is 308 g/mol. The van der Waals surface area contributed by atoms with Crippen molar-refractivity contribution in [1.29, 1.82) is 0 Å². The van der Waals surface area contributed by atoms with Gasteiger partial charge in [0.1, 0.15) is 5.82 Å². The number of hydrogen-bond acceptors (Lipinski definition) is 3. The lowest BCUT2D eigenvalue weighted by atomic mass is 10.1. The van der Waals surface area contributed by atoms with Gasteiger partial charge in [0.15, 0.2) is 0 Å². The second-order valence-electron chi connectivity index (χ2n) is 4.85. The fourth-order valence-electron chi connectivity index (χ4n) is 2.00. The largest absolute Gasteiger partial charge is 0.399 e. The van der Waals surface area contributed by atoms with E-state index in [0.29, 0.717) is 12.1 Å². The molecule has 0 atom stereocenters. The van der Waals surface area contributed by atoms with Gasteiger partial charge in [-0.2, -0.15) is 0 Å². The van der Waals surface area contributed by atoms with E-state index in [1.165, 1.54) is 18.2 Å². The fraction of sp³-hybridized carbons (Fsp3) is 0.200. The van der Waals surface area contributed by atoms with Crippen LogP contribution in [0.1, 0.15) is 11.1 Å². The van der Waals surface area contributed by atoms with Crippen LogP contribution in [0.5, 0.6) is 0 Å². The van der Waals surface area contributed by atoms with Gasteiger partial charge in [0, 0.05) is 12.2 Å². The van der Waals surface area contributed by atoms with Crippen molar-refractivity contribution in [3.05, 3.63) is 59.4 Å². The summed E-state index contributed by atoms with van der Waals surface area (Å²) < 4.78 is 39.6. The van der Waals surface area contributed by atoms with Crippen LogP contribution in [0.2, 0.25) is 0 Å². The molecule has 112 valence electrons. The predicted molar refractivity (Wildman–Crippen MR) is 80.9 cm³/mol. The topological polar surface area (TPSA) is 72.2 Å². The molecule has 0 amide bonds. The van der Waals surface area contributed by atoms with Gasteiger partial charge in [0.2, 0.25) is 10.0 Å². The summed E-state index contributed by atoms with van der Waals surface area (Å²) in [6.45, 7) is 2.02. The zero-order valence-corrected chi connectivity index (χ0v) is 12.5. The van der Waals surface area contributed by atoms with Gasteiger partial charge in [-0.25, -0.2) is 17.5 Å². The van der Waals surface area contributed by atoms with Gasteiger partial charge in [-0.1, -0.05) is 12.1 Å². The van der Waals surface area contributed by atoms with E-state index in [1.54, 1.807) is 31.2 Å². The second-order valence-corrected chi connectivity index (χ2v) is 6.62. The normalized spacial score (nSPS) is 11.5. The van der Waals surface area contributed by atoms with Gasteiger partial charge in [-0.15, -0.1) is 0 Å². The highest BCUT2D eigenvalue weighted by Crippen LogP contribution is 2.16. The van der Waals surface area contributed by atoms with Gasteiger partial charge in [-0.05, 0) is 54.8 Å². The number of anilines is 1. The number of aryl methyl sites for hydroxylation is 1. The van der Waals surface area contributed by atoms with Crippen LogP contribution in [0, 0.1) is 12.7 Å².